The van der Waals surface area contributed by atoms with Crippen molar-refractivity contribution in [3.05, 3.63) is 0 Å². The molecule has 0 amide bonds. The fraction of sp³-hybridized carbons (Fsp3) is 1.00. The number of hydrogen-bond donors (Lipinski definition) is 1. The van der Waals surface area contributed by atoms with Gasteiger partial charge < -0.3 is 14.6 Å². The van der Waals surface area contributed by atoms with Crippen LogP contribution in [0.2, 0.25) is 0 Å². The highest BCUT2D eigenvalue weighted by Gasteiger charge is 2.28. The van der Waals surface area contributed by atoms with Crippen LogP contribution in [0.4, 0.5) is 0 Å². The van der Waals surface area contributed by atoms with Crippen molar-refractivity contribution < 1.29 is 14.6 Å². The van der Waals surface area contributed by atoms with E-state index in [4.69, 9.17) is 9.47 Å². The summed E-state index contributed by atoms with van der Waals surface area (Å²) in [6.45, 7) is 7.25. The van der Waals surface area contributed by atoms with Gasteiger partial charge in [-0.2, -0.15) is 0 Å². The molecule has 80 valence electrons. The molecule has 0 radical (unpaired) electrons. The van der Waals surface area contributed by atoms with Gasteiger partial charge in [-0.05, 0) is 20.3 Å². The van der Waals surface area contributed by atoms with Crippen LogP contribution in [0, 0.1) is 5.41 Å². The fourth-order valence-corrected chi connectivity index (χ4v) is 1.10. The van der Waals surface area contributed by atoms with E-state index in [-0.39, 0.29) is 18.1 Å². The topological polar surface area (TPSA) is 38.7 Å². The van der Waals surface area contributed by atoms with Gasteiger partial charge in [0.15, 0.2) is 0 Å². The van der Waals surface area contributed by atoms with Gasteiger partial charge in [-0.15, -0.1) is 0 Å². The van der Waals surface area contributed by atoms with E-state index < -0.39 is 0 Å². The van der Waals surface area contributed by atoms with E-state index >= 15 is 0 Å². The number of hydrogen-bond acceptors (Lipinski definition) is 3. The lowest BCUT2D eigenvalue weighted by molar-refractivity contribution is -0.0583. The third-order valence-electron chi connectivity index (χ3n) is 2.26. The normalized spacial score (nSPS) is 16.2. The molecule has 3 nitrogen and oxygen atoms in total. The van der Waals surface area contributed by atoms with E-state index in [1.807, 2.05) is 20.8 Å². The van der Waals surface area contributed by atoms with Crippen LogP contribution in [0.25, 0.3) is 0 Å². The van der Waals surface area contributed by atoms with Crippen molar-refractivity contribution in [3.8, 4) is 0 Å². The highest BCUT2D eigenvalue weighted by molar-refractivity contribution is 4.76. The monoisotopic (exact) mass is 190 g/mol. The van der Waals surface area contributed by atoms with Gasteiger partial charge in [-0.25, -0.2) is 0 Å². The first-order chi connectivity index (χ1) is 6.10. The van der Waals surface area contributed by atoms with Gasteiger partial charge in [0.05, 0.1) is 25.9 Å². The van der Waals surface area contributed by atoms with Crippen LogP contribution in [-0.2, 0) is 9.47 Å². The maximum absolute atomic E-state index is 9.26. The Bertz CT molecular complexity index is 119. The molecular weight excluding hydrogens is 168 g/mol. The van der Waals surface area contributed by atoms with Gasteiger partial charge in [0.25, 0.3) is 0 Å². The smallest absolute Gasteiger partial charge is 0.0570 e. The largest absolute Gasteiger partial charge is 0.396 e. The van der Waals surface area contributed by atoms with Gasteiger partial charge in [-0.3, -0.25) is 0 Å². The second-order valence-corrected chi connectivity index (χ2v) is 3.80. The maximum atomic E-state index is 9.26. The third-order valence-corrected chi connectivity index (χ3v) is 2.26. The summed E-state index contributed by atoms with van der Waals surface area (Å²) in [5.74, 6) is 0. The van der Waals surface area contributed by atoms with Crippen molar-refractivity contribution in [3.63, 3.8) is 0 Å². The molecule has 0 spiro atoms. The number of aliphatic hydroxyl groups excluding tert-OH is 1. The molecule has 13 heavy (non-hydrogen) atoms. The number of rotatable bonds is 7. The SMILES string of the molecule is CCC(CO)(COC)COC(C)C. The Morgan fingerprint density at radius 3 is 2.23 bits per heavy atom. The van der Waals surface area contributed by atoms with Crippen LogP contribution in [0.3, 0.4) is 0 Å². The molecule has 0 saturated carbocycles. The van der Waals surface area contributed by atoms with E-state index in [1.165, 1.54) is 0 Å². The molecule has 1 N–H and O–H groups in total. The molecule has 0 aliphatic heterocycles. The number of methoxy groups -OCH3 is 1. The van der Waals surface area contributed by atoms with E-state index in [0.717, 1.165) is 6.42 Å². The molecule has 0 fully saturated rings. The lowest BCUT2D eigenvalue weighted by Gasteiger charge is -2.30. The maximum Gasteiger partial charge on any atom is 0.0570 e. The average Bonchev–Trinajstić information content (AvgIpc) is 2.12. The van der Waals surface area contributed by atoms with E-state index in [1.54, 1.807) is 7.11 Å². The van der Waals surface area contributed by atoms with Crippen molar-refractivity contribution >= 4 is 0 Å². The molecule has 0 aliphatic carbocycles. The molecule has 0 saturated heterocycles. The molecule has 0 rings (SSSR count). The number of aliphatic hydroxyl groups is 1. The second-order valence-electron chi connectivity index (χ2n) is 3.80. The van der Waals surface area contributed by atoms with Gasteiger partial charge in [0.2, 0.25) is 0 Å². The molecule has 0 aliphatic rings. The summed E-state index contributed by atoms with van der Waals surface area (Å²) >= 11 is 0. The first kappa shape index (κ1) is 12.9. The molecule has 0 aromatic rings. The van der Waals surface area contributed by atoms with Crippen molar-refractivity contribution in [2.24, 2.45) is 5.41 Å². The fourth-order valence-electron chi connectivity index (χ4n) is 1.10. The minimum atomic E-state index is -0.223. The summed E-state index contributed by atoms with van der Waals surface area (Å²) < 4.78 is 10.6. The van der Waals surface area contributed by atoms with Crippen LogP contribution in [-0.4, -0.2) is 38.1 Å². The Hall–Kier alpha value is -0.120. The summed E-state index contributed by atoms with van der Waals surface area (Å²) in [4.78, 5) is 0. The van der Waals surface area contributed by atoms with Crippen LogP contribution in [0.5, 0.6) is 0 Å². The van der Waals surface area contributed by atoms with Crippen LogP contribution in [0.1, 0.15) is 27.2 Å². The van der Waals surface area contributed by atoms with Gasteiger partial charge in [0, 0.05) is 12.5 Å². The van der Waals surface area contributed by atoms with Crippen molar-refractivity contribution in [1.82, 2.24) is 0 Å². The zero-order valence-corrected chi connectivity index (χ0v) is 9.17. The summed E-state index contributed by atoms with van der Waals surface area (Å²) in [5, 5.41) is 9.26. The van der Waals surface area contributed by atoms with Crippen molar-refractivity contribution in [2.45, 2.75) is 33.3 Å². The molecular formula is C10H22O3. The van der Waals surface area contributed by atoms with Gasteiger partial charge >= 0.3 is 0 Å². The molecule has 1 unspecified atom stereocenters. The first-order valence-electron chi connectivity index (χ1n) is 4.81. The lowest BCUT2D eigenvalue weighted by Crippen LogP contribution is -2.36. The molecule has 1 atom stereocenters. The minimum Gasteiger partial charge on any atom is -0.396 e. The van der Waals surface area contributed by atoms with E-state index in [2.05, 4.69) is 0 Å². The van der Waals surface area contributed by atoms with Crippen LogP contribution in [0.15, 0.2) is 0 Å². The summed E-state index contributed by atoms with van der Waals surface area (Å²) in [6, 6.07) is 0. The summed E-state index contributed by atoms with van der Waals surface area (Å²) in [6.07, 6.45) is 1.07. The molecule has 0 aromatic heterocycles. The Balaban J connectivity index is 4.04. The first-order valence-corrected chi connectivity index (χ1v) is 4.81. The Morgan fingerprint density at radius 2 is 1.92 bits per heavy atom. The quantitative estimate of drug-likeness (QED) is 0.660. The predicted octanol–water partition coefficient (Wildman–Crippen LogP) is 1.45. The van der Waals surface area contributed by atoms with Crippen LogP contribution < -0.4 is 0 Å². The Morgan fingerprint density at radius 1 is 1.31 bits per heavy atom. The third kappa shape index (κ3) is 4.60. The van der Waals surface area contributed by atoms with Gasteiger partial charge in [-0.1, -0.05) is 6.92 Å². The summed E-state index contributed by atoms with van der Waals surface area (Å²) in [5.41, 5.74) is -0.223. The molecule has 0 aromatic carbocycles. The predicted molar refractivity (Wildman–Crippen MR) is 52.8 cm³/mol. The Labute approximate surface area is 81.0 Å². The minimum absolute atomic E-state index is 0.115. The average molecular weight is 190 g/mol. The highest BCUT2D eigenvalue weighted by Crippen LogP contribution is 2.22. The zero-order valence-electron chi connectivity index (χ0n) is 9.17. The van der Waals surface area contributed by atoms with E-state index in [9.17, 15) is 5.11 Å². The van der Waals surface area contributed by atoms with Crippen LogP contribution >= 0.6 is 0 Å². The molecule has 3 heteroatoms. The zero-order chi connectivity index (χ0) is 10.3. The molecule has 0 heterocycles. The highest BCUT2D eigenvalue weighted by atomic mass is 16.5. The van der Waals surface area contributed by atoms with Crippen molar-refractivity contribution in [2.75, 3.05) is 26.9 Å². The van der Waals surface area contributed by atoms with Crippen molar-refractivity contribution in [1.29, 1.82) is 0 Å². The summed E-state index contributed by atoms with van der Waals surface area (Å²) in [7, 11) is 1.65. The van der Waals surface area contributed by atoms with E-state index in [0.29, 0.717) is 13.2 Å². The second kappa shape index (κ2) is 6.35. The standard InChI is InChI=1S/C10H22O3/c1-5-10(6-11,7-12-4)8-13-9(2)3/h9,11H,5-8H2,1-4H3. The molecule has 0 bridgehead atoms. The Kier molecular flexibility index (Phi) is 6.29. The number of ether oxygens (including phenoxy) is 2. The van der Waals surface area contributed by atoms with Gasteiger partial charge in [0.1, 0.15) is 0 Å². The lowest BCUT2D eigenvalue weighted by atomic mass is 9.88.